The molecule has 1 aliphatic carbocycles. The zero-order valence-corrected chi connectivity index (χ0v) is 17.8. The molecule has 1 aromatic rings. The minimum Gasteiger partial charge on any atom is -0.462 e. The van der Waals surface area contributed by atoms with Crippen molar-refractivity contribution in [2.45, 2.75) is 44.6 Å². The molecular weight excluding hydrogens is 402 g/mol. The van der Waals surface area contributed by atoms with Crippen LogP contribution in [-0.2, 0) is 19.6 Å². The molecule has 0 bridgehead atoms. The Morgan fingerprint density at radius 3 is 2.71 bits per heavy atom. The third-order valence-electron chi connectivity index (χ3n) is 4.82. The normalized spacial score (nSPS) is 20.7. The molecule has 1 amide bonds. The highest BCUT2D eigenvalue weighted by molar-refractivity contribution is 7.88. The van der Waals surface area contributed by atoms with E-state index in [9.17, 15) is 18.0 Å². The number of rotatable bonds is 8. The molecule has 2 N–H and O–H groups in total. The molecule has 156 valence electrons. The maximum Gasteiger partial charge on any atom is 0.341 e. The largest absolute Gasteiger partial charge is 0.462 e. The monoisotopic (exact) mass is 429 g/mol. The second-order valence-electron chi connectivity index (χ2n) is 7.40. The summed E-state index contributed by atoms with van der Waals surface area (Å²) >= 11 is 1.35. The van der Waals surface area contributed by atoms with Crippen molar-refractivity contribution in [1.82, 2.24) is 9.62 Å². The third-order valence-corrected chi connectivity index (χ3v) is 6.50. The van der Waals surface area contributed by atoms with Crippen molar-refractivity contribution in [3.05, 3.63) is 16.5 Å². The molecule has 2 aliphatic rings. The van der Waals surface area contributed by atoms with E-state index in [0.29, 0.717) is 23.0 Å². The van der Waals surface area contributed by atoms with Crippen LogP contribution >= 0.6 is 11.3 Å². The van der Waals surface area contributed by atoms with Crippen molar-refractivity contribution in [2.24, 2.45) is 0 Å². The molecule has 1 saturated carbocycles. The van der Waals surface area contributed by atoms with Crippen LogP contribution in [0.4, 0.5) is 5.00 Å². The molecule has 10 heteroatoms. The fraction of sp³-hybridized carbons (Fsp3) is 0.667. The zero-order chi connectivity index (χ0) is 20.3. The van der Waals surface area contributed by atoms with E-state index in [4.69, 9.17) is 4.74 Å². The van der Waals surface area contributed by atoms with Gasteiger partial charge in [-0.15, -0.1) is 11.3 Å². The van der Waals surface area contributed by atoms with Gasteiger partial charge >= 0.3 is 5.97 Å². The van der Waals surface area contributed by atoms with E-state index in [1.54, 1.807) is 6.92 Å². The second kappa shape index (κ2) is 8.89. The second-order valence-corrected chi connectivity index (χ2v) is 10.1. The van der Waals surface area contributed by atoms with Gasteiger partial charge in [-0.3, -0.25) is 9.69 Å². The SMILES string of the molecule is CCOC(=O)c1c(C2CC2)csc1NC(=O)CN1CCCC(NS(C)(=O)=O)C1. The molecule has 0 radical (unpaired) electrons. The van der Waals surface area contributed by atoms with Crippen LogP contribution < -0.4 is 10.0 Å². The van der Waals surface area contributed by atoms with Crippen LogP contribution in [0.2, 0.25) is 0 Å². The highest BCUT2D eigenvalue weighted by atomic mass is 32.2. The van der Waals surface area contributed by atoms with Crippen LogP contribution in [0.1, 0.15) is 54.4 Å². The number of ether oxygens (including phenoxy) is 1. The summed E-state index contributed by atoms with van der Waals surface area (Å²) in [7, 11) is -3.27. The van der Waals surface area contributed by atoms with E-state index in [2.05, 4.69) is 10.0 Å². The van der Waals surface area contributed by atoms with Gasteiger partial charge in [0.15, 0.2) is 0 Å². The summed E-state index contributed by atoms with van der Waals surface area (Å²) in [5.74, 6) is -0.225. The molecule has 28 heavy (non-hydrogen) atoms. The number of piperidine rings is 1. The van der Waals surface area contributed by atoms with Crippen molar-refractivity contribution in [2.75, 3.05) is 37.8 Å². The number of nitrogens with zero attached hydrogens (tertiary/aromatic N) is 1. The Hall–Kier alpha value is -1.49. The van der Waals surface area contributed by atoms with Gasteiger partial charge in [0.2, 0.25) is 15.9 Å². The standard InChI is InChI=1S/C18H27N3O5S2/c1-3-26-18(23)16-14(12-6-7-12)11-27-17(16)19-15(22)10-21-8-4-5-13(9-21)20-28(2,24)25/h11-13,20H,3-10H2,1-2H3,(H,19,22). The van der Waals surface area contributed by atoms with Crippen LogP contribution in [0.25, 0.3) is 0 Å². The summed E-state index contributed by atoms with van der Waals surface area (Å²) in [4.78, 5) is 26.9. The maximum absolute atomic E-state index is 12.6. The Bertz CT molecular complexity index is 832. The van der Waals surface area contributed by atoms with Crippen molar-refractivity contribution < 1.29 is 22.7 Å². The zero-order valence-electron chi connectivity index (χ0n) is 16.2. The van der Waals surface area contributed by atoms with E-state index >= 15 is 0 Å². The third kappa shape index (κ3) is 5.76. The van der Waals surface area contributed by atoms with Gasteiger partial charge < -0.3 is 10.1 Å². The smallest absolute Gasteiger partial charge is 0.341 e. The maximum atomic E-state index is 12.6. The molecule has 0 aromatic carbocycles. The van der Waals surface area contributed by atoms with Crippen LogP contribution in [0.3, 0.4) is 0 Å². The number of carbonyl (C=O) groups is 2. The Morgan fingerprint density at radius 1 is 1.32 bits per heavy atom. The molecule has 1 saturated heterocycles. The highest BCUT2D eigenvalue weighted by Crippen LogP contribution is 2.46. The van der Waals surface area contributed by atoms with Crippen LogP contribution in [0.5, 0.6) is 0 Å². The molecule has 1 aliphatic heterocycles. The van der Waals surface area contributed by atoms with Gasteiger partial charge in [0.1, 0.15) is 5.00 Å². The number of hydrogen-bond donors (Lipinski definition) is 2. The Balaban J connectivity index is 1.62. The fourth-order valence-electron chi connectivity index (χ4n) is 3.54. The first-order chi connectivity index (χ1) is 13.3. The summed E-state index contributed by atoms with van der Waals surface area (Å²) in [5, 5.41) is 5.33. The van der Waals surface area contributed by atoms with Crippen LogP contribution in [0.15, 0.2) is 5.38 Å². The Kier molecular flexibility index (Phi) is 6.74. The highest BCUT2D eigenvalue weighted by Gasteiger charge is 2.32. The summed E-state index contributed by atoms with van der Waals surface area (Å²) in [5.41, 5.74) is 1.45. The molecule has 3 rings (SSSR count). The lowest BCUT2D eigenvalue weighted by Crippen LogP contribution is -2.49. The van der Waals surface area contributed by atoms with E-state index in [1.807, 2.05) is 10.3 Å². The quantitative estimate of drug-likeness (QED) is 0.610. The molecule has 1 atom stereocenters. The van der Waals surface area contributed by atoms with Gasteiger partial charge in [-0.1, -0.05) is 0 Å². The van der Waals surface area contributed by atoms with Crippen molar-refractivity contribution in [1.29, 1.82) is 0 Å². The van der Waals surface area contributed by atoms with Gasteiger partial charge in [-0.25, -0.2) is 17.9 Å². The van der Waals surface area contributed by atoms with E-state index in [0.717, 1.165) is 44.0 Å². The summed E-state index contributed by atoms with van der Waals surface area (Å²) in [6.45, 7) is 3.42. The van der Waals surface area contributed by atoms with E-state index in [-0.39, 0.29) is 25.1 Å². The van der Waals surface area contributed by atoms with E-state index in [1.165, 1.54) is 11.3 Å². The number of carbonyl (C=O) groups excluding carboxylic acids is 2. The predicted molar refractivity (Wildman–Crippen MR) is 108 cm³/mol. The predicted octanol–water partition coefficient (Wildman–Crippen LogP) is 1.75. The van der Waals surface area contributed by atoms with Crippen molar-refractivity contribution in [3.8, 4) is 0 Å². The number of esters is 1. The minimum absolute atomic E-state index is 0.154. The number of amides is 1. The molecular formula is C18H27N3O5S2. The van der Waals surface area contributed by atoms with Gasteiger partial charge in [-0.05, 0) is 56.0 Å². The Morgan fingerprint density at radius 2 is 2.07 bits per heavy atom. The minimum atomic E-state index is -3.27. The average molecular weight is 430 g/mol. The van der Waals surface area contributed by atoms with Crippen LogP contribution in [-0.4, -0.2) is 63.7 Å². The first kappa shape index (κ1) is 21.2. The van der Waals surface area contributed by atoms with E-state index < -0.39 is 16.0 Å². The molecule has 0 spiro atoms. The summed E-state index contributed by atoms with van der Waals surface area (Å²) in [6, 6.07) is -0.185. The molecule has 2 heterocycles. The van der Waals surface area contributed by atoms with Crippen molar-refractivity contribution >= 4 is 38.2 Å². The lowest BCUT2D eigenvalue weighted by atomic mass is 10.1. The molecule has 1 aromatic heterocycles. The molecule has 8 nitrogen and oxygen atoms in total. The average Bonchev–Trinajstić information content (AvgIpc) is 3.34. The number of nitrogens with one attached hydrogen (secondary N) is 2. The first-order valence-corrected chi connectivity index (χ1v) is 12.3. The molecule has 1 unspecified atom stereocenters. The lowest BCUT2D eigenvalue weighted by Gasteiger charge is -2.32. The van der Waals surface area contributed by atoms with Gasteiger partial charge in [0, 0.05) is 12.6 Å². The van der Waals surface area contributed by atoms with Gasteiger partial charge in [0.25, 0.3) is 0 Å². The first-order valence-electron chi connectivity index (χ1n) is 9.54. The fourth-order valence-corrected chi connectivity index (χ4v) is 5.38. The topological polar surface area (TPSA) is 105 Å². The Labute approximate surface area is 169 Å². The number of anilines is 1. The van der Waals surface area contributed by atoms with Crippen LogP contribution in [0, 0.1) is 0 Å². The number of hydrogen-bond acceptors (Lipinski definition) is 7. The number of thiophene rings is 1. The lowest BCUT2D eigenvalue weighted by molar-refractivity contribution is -0.117. The summed E-state index contributed by atoms with van der Waals surface area (Å²) < 4.78 is 30.7. The number of sulfonamides is 1. The summed E-state index contributed by atoms with van der Waals surface area (Å²) in [6.07, 6.45) is 4.83. The number of likely N-dealkylation sites (tertiary alicyclic amines) is 1. The van der Waals surface area contributed by atoms with Crippen molar-refractivity contribution in [3.63, 3.8) is 0 Å². The van der Waals surface area contributed by atoms with Gasteiger partial charge in [-0.2, -0.15) is 0 Å². The molecule has 2 fully saturated rings. The van der Waals surface area contributed by atoms with Gasteiger partial charge in [0.05, 0.1) is 25.0 Å².